The van der Waals surface area contributed by atoms with Gasteiger partial charge < -0.3 is 15.2 Å². The molecule has 0 saturated carbocycles. The van der Waals surface area contributed by atoms with Crippen molar-refractivity contribution in [2.45, 2.75) is 6.61 Å². The number of hydrogen-bond acceptors (Lipinski definition) is 5. The maximum atomic E-state index is 11.5. The molecule has 0 amide bonds. The maximum absolute atomic E-state index is 11.5. The van der Waals surface area contributed by atoms with Gasteiger partial charge in [-0.1, -0.05) is 12.1 Å². The van der Waals surface area contributed by atoms with Crippen LogP contribution >= 0.6 is 15.9 Å². The van der Waals surface area contributed by atoms with Gasteiger partial charge in [0, 0.05) is 10.7 Å². The molecule has 2 N–H and O–H groups in total. The minimum absolute atomic E-state index is 0.111. The summed E-state index contributed by atoms with van der Waals surface area (Å²) in [6.07, 6.45) is 1.64. The molecule has 1 heterocycles. The predicted molar refractivity (Wildman–Crippen MR) is 78.1 cm³/mol. The highest BCUT2D eigenvalue weighted by molar-refractivity contribution is 9.10. The molecular formula is C14H13BrN2O3. The van der Waals surface area contributed by atoms with Crippen molar-refractivity contribution in [3.05, 3.63) is 52.8 Å². The number of hydrogen-bond donors (Lipinski definition) is 1. The lowest BCUT2D eigenvalue weighted by Gasteiger charge is -2.08. The zero-order valence-corrected chi connectivity index (χ0v) is 12.2. The van der Waals surface area contributed by atoms with E-state index in [0.717, 1.165) is 4.47 Å². The first-order valence-corrected chi connectivity index (χ1v) is 6.68. The highest BCUT2D eigenvalue weighted by Gasteiger charge is 2.07. The van der Waals surface area contributed by atoms with Crippen LogP contribution in [-0.2, 0) is 16.1 Å². The number of nitrogen functional groups attached to an aromatic ring is 1. The summed E-state index contributed by atoms with van der Waals surface area (Å²) in [6.45, 7) is -0.0789. The Kier molecular flexibility index (Phi) is 4.95. The van der Waals surface area contributed by atoms with E-state index in [1.165, 1.54) is 0 Å². The van der Waals surface area contributed by atoms with Crippen LogP contribution in [0.2, 0.25) is 0 Å². The SMILES string of the molecule is Nc1ccccc1OCC(=O)OCc1ccc(Br)cn1. The van der Waals surface area contributed by atoms with E-state index in [4.69, 9.17) is 15.2 Å². The second-order valence-corrected chi connectivity index (χ2v) is 4.87. The Morgan fingerprint density at radius 3 is 2.75 bits per heavy atom. The summed E-state index contributed by atoms with van der Waals surface area (Å²) in [7, 11) is 0. The van der Waals surface area contributed by atoms with Crippen LogP contribution in [0.25, 0.3) is 0 Å². The lowest BCUT2D eigenvalue weighted by Crippen LogP contribution is -2.15. The average Bonchev–Trinajstić information content (AvgIpc) is 2.46. The Labute approximate surface area is 124 Å². The summed E-state index contributed by atoms with van der Waals surface area (Å²) < 4.78 is 11.2. The molecule has 2 rings (SSSR count). The van der Waals surface area contributed by atoms with Crippen LogP contribution in [0.4, 0.5) is 5.69 Å². The van der Waals surface area contributed by atoms with Gasteiger partial charge in [-0.2, -0.15) is 0 Å². The van der Waals surface area contributed by atoms with Crippen LogP contribution in [0.15, 0.2) is 47.1 Å². The fourth-order valence-electron chi connectivity index (χ4n) is 1.44. The number of ether oxygens (including phenoxy) is 2. The molecule has 0 saturated heterocycles. The van der Waals surface area contributed by atoms with Gasteiger partial charge in [0.1, 0.15) is 12.4 Å². The van der Waals surface area contributed by atoms with Gasteiger partial charge in [0.15, 0.2) is 6.61 Å². The van der Waals surface area contributed by atoms with Crippen LogP contribution in [0.1, 0.15) is 5.69 Å². The predicted octanol–water partition coefficient (Wildman–Crippen LogP) is 2.55. The number of pyridine rings is 1. The molecule has 0 aliphatic carbocycles. The van der Waals surface area contributed by atoms with E-state index in [0.29, 0.717) is 17.1 Å². The molecule has 5 nitrogen and oxygen atoms in total. The Hall–Kier alpha value is -2.08. The van der Waals surface area contributed by atoms with Gasteiger partial charge in [-0.25, -0.2) is 4.79 Å². The van der Waals surface area contributed by atoms with E-state index in [1.807, 2.05) is 6.07 Å². The van der Waals surface area contributed by atoms with Crippen molar-refractivity contribution in [2.24, 2.45) is 0 Å². The Bertz CT molecular complexity index is 587. The largest absolute Gasteiger partial charge is 0.480 e. The molecule has 0 fully saturated rings. The number of para-hydroxylation sites is 2. The van der Waals surface area contributed by atoms with Crippen molar-refractivity contribution in [3.63, 3.8) is 0 Å². The number of aromatic nitrogens is 1. The van der Waals surface area contributed by atoms with Crippen LogP contribution in [0.3, 0.4) is 0 Å². The normalized spacial score (nSPS) is 10.1. The van der Waals surface area contributed by atoms with E-state index in [1.54, 1.807) is 36.5 Å². The van der Waals surface area contributed by atoms with Gasteiger partial charge in [-0.15, -0.1) is 0 Å². The highest BCUT2D eigenvalue weighted by Crippen LogP contribution is 2.19. The fraction of sp³-hybridized carbons (Fsp3) is 0.143. The van der Waals surface area contributed by atoms with Crippen molar-refractivity contribution >= 4 is 27.6 Å². The molecule has 0 aliphatic heterocycles. The van der Waals surface area contributed by atoms with Crippen molar-refractivity contribution in [2.75, 3.05) is 12.3 Å². The first kappa shape index (κ1) is 14.3. The molecule has 0 bridgehead atoms. The number of esters is 1. The number of benzene rings is 1. The number of rotatable bonds is 5. The second kappa shape index (κ2) is 6.91. The number of carbonyl (C=O) groups is 1. The van der Waals surface area contributed by atoms with Crippen LogP contribution in [-0.4, -0.2) is 17.6 Å². The number of nitrogens with zero attached hydrogens (tertiary/aromatic N) is 1. The molecule has 0 radical (unpaired) electrons. The molecule has 0 unspecified atom stereocenters. The monoisotopic (exact) mass is 336 g/mol. The van der Waals surface area contributed by atoms with E-state index in [-0.39, 0.29) is 13.2 Å². The molecule has 0 aliphatic rings. The zero-order chi connectivity index (χ0) is 14.4. The van der Waals surface area contributed by atoms with E-state index < -0.39 is 5.97 Å². The maximum Gasteiger partial charge on any atom is 0.344 e. The third-order valence-electron chi connectivity index (χ3n) is 2.43. The van der Waals surface area contributed by atoms with Gasteiger partial charge in [-0.05, 0) is 40.2 Å². The Balaban J connectivity index is 1.78. The molecule has 6 heteroatoms. The lowest BCUT2D eigenvalue weighted by atomic mass is 10.3. The minimum Gasteiger partial charge on any atom is -0.480 e. The number of halogens is 1. The van der Waals surface area contributed by atoms with E-state index in [2.05, 4.69) is 20.9 Å². The third kappa shape index (κ3) is 4.24. The van der Waals surface area contributed by atoms with Gasteiger partial charge in [0.2, 0.25) is 0 Å². The van der Waals surface area contributed by atoms with Crippen LogP contribution < -0.4 is 10.5 Å². The molecule has 20 heavy (non-hydrogen) atoms. The van der Waals surface area contributed by atoms with Gasteiger partial charge >= 0.3 is 5.97 Å². The summed E-state index contributed by atoms with van der Waals surface area (Å²) in [5.74, 6) is -0.0100. The van der Waals surface area contributed by atoms with Crippen molar-refractivity contribution in [1.29, 1.82) is 0 Å². The summed E-state index contributed by atoms with van der Waals surface area (Å²) >= 11 is 3.28. The fourth-order valence-corrected chi connectivity index (χ4v) is 1.67. The van der Waals surface area contributed by atoms with Crippen molar-refractivity contribution in [1.82, 2.24) is 4.98 Å². The van der Waals surface area contributed by atoms with E-state index >= 15 is 0 Å². The third-order valence-corrected chi connectivity index (χ3v) is 2.90. The molecular weight excluding hydrogens is 324 g/mol. The number of nitrogens with two attached hydrogens (primary N) is 1. The summed E-state index contributed by atoms with van der Waals surface area (Å²) in [4.78, 5) is 15.6. The summed E-state index contributed by atoms with van der Waals surface area (Å²) in [5, 5.41) is 0. The van der Waals surface area contributed by atoms with Crippen molar-refractivity contribution in [3.8, 4) is 5.75 Å². The van der Waals surface area contributed by atoms with Gasteiger partial charge in [0.25, 0.3) is 0 Å². The molecule has 0 atom stereocenters. The molecule has 0 spiro atoms. The zero-order valence-electron chi connectivity index (χ0n) is 10.6. The minimum atomic E-state index is -0.474. The average molecular weight is 337 g/mol. The summed E-state index contributed by atoms with van der Waals surface area (Å²) in [5.41, 5.74) is 6.84. The van der Waals surface area contributed by atoms with Gasteiger partial charge in [-0.3, -0.25) is 4.98 Å². The molecule has 1 aromatic carbocycles. The first-order chi connectivity index (χ1) is 9.65. The van der Waals surface area contributed by atoms with Crippen molar-refractivity contribution < 1.29 is 14.3 Å². The first-order valence-electron chi connectivity index (χ1n) is 5.88. The quantitative estimate of drug-likeness (QED) is 0.670. The molecule has 1 aromatic heterocycles. The smallest absolute Gasteiger partial charge is 0.344 e. The van der Waals surface area contributed by atoms with E-state index in [9.17, 15) is 4.79 Å². The second-order valence-electron chi connectivity index (χ2n) is 3.95. The topological polar surface area (TPSA) is 74.4 Å². The van der Waals surface area contributed by atoms with Crippen LogP contribution in [0, 0.1) is 0 Å². The lowest BCUT2D eigenvalue weighted by molar-refractivity contribution is -0.147. The highest BCUT2D eigenvalue weighted by atomic mass is 79.9. The molecule has 2 aromatic rings. The number of anilines is 1. The molecule has 104 valence electrons. The van der Waals surface area contributed by atoms with Gasteiger partial charge in [0.05, 0.1) is 11.4 Å². The Morgan fingerprint density at radius 1 is 1.25 bits per heavy atom. The van der Waals surface area contributed by atoms with Crippen LogP contribution in [0.5, 0.6) is 5.75 Å². The Morgan fingerprint density at radius 2 is 2.05 bits per heavy atom. The number of carbonyl (C=O) groups excluding carboxylic acids is 1. The summed E-state index contributed by atoms with van der Waals surface area (Å²) in [6, 6.07) is 10.6. The standard InChI is InChI=1S/C14H13BrN2O3/c15-10-5-6-11(17-7-10)8-20-14(18)9-19-13-4-2-1-3-12(13)16/h1-7H,8-9,16H2.